The van der Waals surface area contributed by atoms with Gasteiger partial charge in [-0.2, -0.15) is 0 Å². The summed E-state index contributed by atoms with van der Waals surface area (Å²) in [6, 6.07) is 17.9. The first-order chi connectivity index (χ1) is 14.6. The van der Waals surface area contributed by atoms with E-state index in [9.17, 15) is 9.59 Å². The number of aryl methyl sites for hydroxylation is 1. The van der Waals surface area contributed by atoms with Gasteiger partial charge in [0.05, 0.1) is 4.88 Å². The molecule has 9 heteroatoms. The minimum Gasteiger partial charge on any atom is -0.322 e. The number of nitrogens with one attached hydrogen (secondary N) is 2. The Bertz CT molecular complexity index is 1170. The van der Waals surface area contributed by atoms with Crippen molar-refractivity contribution >= 4 is 46.3 Å². The van der Waals surface area contributed by atoms with Gasteiger partial charge in [0.15, 0.2) is 5.16 Å². The summed E-state index contributed by atoms with van der Waals surface area (Å²) in [6.07, 6.45) is 1.65. The molecule has 0 aliphatic heterocycles. The van der Waals surface area contributed by atoms with Gasteiger partial charge in [-0.3, -0.25) is 9.59 Å². The van der Waals surface area contributed by atoms with Crippen LogP contribution in [-0.2, 0) is 7.05 Å². The smallest absolute Gasteiger partial charge is 0.265 e. The Kier molecular flexibility index (Phi) is 5.92. The number of anilines is 2. The molecule has 0 fully saturated rings. The molecule has 0 saturated carbocycles. The lowest BCUT2D eigenvalue weighted by molar-refractivity contribution is 0.101. The first kappa shape index (κ1) is 19.9. The van der Waals surface area contributed by atoms with Gasteiger partial charge >= 0.3 is 0 Å². The molecule has 0 saturated heterocycles. The Balaban J connectivity index is 1.40. The molecule has 2 amide bonds. The average molecular weight is 436 g/mol. The third kappa shape index (κ3) is 4.76. The standard InChI is InChI=1S/C21H17N5O2S2/c1-26-13-22-25-21(26)30-17-9-7-15(8-10-17)23-19(27)14-4-2-5-16(12-14)24-20(28)18-6-3-11-29-18/h2-13H,1H3,(H,23,27)(H,24,28). The maximum absolute atomic E-state index is 12.6. The zero-order valence-corrected chi connectivity index (χ0v) is 17.5. The van der Waals surface area contributed by atoms with E-state index in [-0.39, 0.29) is 11.8 Å². The summed E-state index contributed by atoms with van der Waals surface area (Å²) < 4.78 is 1.84. The van der Waals surface area contributed by atoms with Crippen LogP contribution in [0, 0.1) is 0 Å². The first-order valence-corrected chi connectivity index (χ1v) is 10.7. The molecule has 0 bridgehead atoms. The van der Waals surface area contributed by atoms with Gasteiger partial charge in [-0.25, -0.2) is 0 Å². The highest BCUT2D eigenvalue weighted by atomic mass is 32.2. The van der Waals surface area contributed by atoms with Crippen LogP contribution >= 0.6 is 23.1 Å². The molecule has 2 aromatic carbocycles. The minimum atomic E-state index is -0.254. The van der Waals surface area contributed by atoms with Crippen molar-refractivity contribution in [2.75, 3.05) is 10.6 Å². The Hall–Kier alpha value is -3.43. The van der Waals surface area contributed by atoms with Gasteiger partial charge in [0.1, 0.15) is 6.33 Å². The number of carbonyl (C=O) groups excluding carboxylic acids is 2. The Labute approximate surface area is 181 Å². The SMILES string of the molecule is Cn1cnnc1Sc1ccc(NC(=O)c2cccc(NC(=O)c3cccs3)c2)cc1. The van der Waals surface area contributed by atoms with Crippen LogP contribution in [-0.4, -0.2) is 26.6 Å². The van der Waals surface area contributed by atoms with Crippen LogP contribution in [0.4, 0.5) is 11.4 Å². The monoisotopic (exact) mass is 435 g/mol. The van der Waals surface area contributed by atoms with Crippen molar-refractivity contribution in [2.24, 2.45) is 7.05 Å². The van der Waals surface area contributed by atoms with Crippen molar-refractivity contribution in [3.05, 3.63) is 82.8 Å². The normalized spacial score (nSPS) is 10.6. The lowest BCUT2D eigenvalue weighted by Crippen LogP contribution is -2.14. The molecule has 7 nitrogen and oxygen atoms in total. The molecule has 4 aromatic rings. The molecule has 2 N–H and O–H groups in total. The number of benzene rings is 2. The van der Waals surface area contributed by atoms with Gasteiger partial charge < -0.3 is 15.2 Å². The van der Waals surface area contributed by atoms with E-state index >= 15 is 0 Å². The molecule has 0 aliphatic carbocycles. The van der Waals surface area contributed by atoms with Crippen LogP contribution in [0.15, 0.2) is 82.4 Å². The van der Waals surface area contributed by atoms with E-state index in [2.05, 4.69) is 20.8 Å². The fourth-order valence-corrected chi connectivity index (χ4v) is 4.00. The molecule has 2 aromatic heterocycles. The highest BCUT2D eigenvalue weighted by Crippen LogP contribution is 2.26. The molecule has 0 unspecified atom stereocenters. The van der Waals surface area contributed by atoms with Crippen molar-refractivity contribution in [3.63, 3.8) is 0 Å². The van der Waals surface area contributed by atoms with E-state index in [0.717, 1.165) is 10.1 Å². The number of amides is 2. The summed E-state index contributed by atoms with van der Waals surface area (Å²) >= 11 is 2.85. The van der Waals surface area contributed by atoms with Crippen molar-refractivity contribution in [1.29, 1.82) is 0 Å². The maximum atomic E-state index is 12.6. The molecule has 30 heavy (non-hydrogen) atoms. The van der Waals surface area contributed by atoms with Gasteiger partial charge in [-0.1, -0.05) is 12.1 Å². The third-order valence-electron chi connectivity index (χ3n) is 4.12. The predicted octanol–water partition coefficient (Wildman–Crippen LogP) is 4.53. The Morgan fingerprint density at radius 1 is 0.967 bits per heavy atom. The third-order valence-corrected chi connectivity index (χ3v) is 6.05. The second-order valence-corrected chi connectivity index (χ2v) is 8.31. The predicted molar refractivity (Wildman–Crippen MR) is 118 cm³/mol. The maximum Gasteiger partial charge on any atom is 0.265 e. The lowest BCUT2D eigenvalue weighted by atomic mass is 10.1. The summed E-state index contributed by atoms with van der Waals surface area (Å²) in [6.45, 7) is 0. The van der Waals surface area contributed by atoms with E-state index in [0.29, 0.717) is 21.8 Å². The number of hydrogen-bond acceptors (Lipinski definition) is 6. The molecule has 0 radical (unpaired) electrons. The quantitative estimate of drug-likeness (QED) is 0.464. The molecular formula is C21H17N5O2S2. The van der Waals surface area contributed by atoms with E-state index < -0.39 is 0 Å². The van der Waals surface area contributed by atoms with Crippen LogP contribution in [0.5, 0.6) is 0 Å². The number of thiophene rings is 1. The van der Waals surface area contributed by atoms with E-state index in [4.69, 9.17) is 0 Å². The van der Waals surface area contributed by atoms with Gasteiger partial charge in [0.25, 0.3) is 11.8 Å². The second kappa shape index (κ2) is 8.93. The fourth-order valence-electron chi connectivity index (χ4n) is 2.62. The Morgan fingerprint density at radius 2 is 1.77 bits per heavy atom. The number of rotatable bonds is 6. The van der Waals surface area contributed by atoms with Gasteiger partial charge in [0, 0.05) is 28.9 Å². The fraction of sp³-hybridized carbons (Fsp3) is 0.0476. The highest BCUT2D eigenvalue weighted by Gasteiger charge is 2.11. The molecule has 0 spiro atoms. The summed E-state index contributed by atoms with van der Waals surface area (Å²) in [5.41, 5.74) is 1.70. The Morgan fingerprint density at radius 3 is 2.47 bits per heavy atom. The van der Waals surface area contributed by atoms with Crippen molar-refractivity contribution in [3.8, 4) is 0 Å². The summed E-state index contributed by atoms with van der Waals surface area (Å²) in [7, 11) is 1.88. The molecule has 0 atom stereocenters. The zero-order valence-electron chi connectivity index (χ0n) is 15.9. The lowest BCUT2D eigenvalue weighted by Gasteiger charge is -2.09. The molecule has 4 rings (SSSR count). The molecule has 0 aliphatic rings. The topological polar surface area (TPSA) is 88.9 Å². The number of hydrogen-bond donors (Lipinski definition) is 2. The number of nitrogens with zero attached hydrogens (tertiary/aromatic N) is 3. The van der Waals surface area contributed by atoms with Crippen LogP contribution in [0.2, 0.25) is 0 Å². The zero-order chi connectivity index (χ0) is 20.9. The van der Waals surface area contributed by atoms with Gasteiger partial charge in [0.2, 0.25) is 0 Å². The summed E-state index contributed by atoms with van der Waals surface area (Å²) in [5.74, 6) is -0.450. The van der Waals surface area contributed by atoms with Crippen molar-refractivity contribution in [2.45, 2.75) is 10.1 Å². The summed E-state index contributed by atoms with van der Waals surface area (Å²) in [4.78, 5) is 26.4. The number of carbonyl (C=O) groups is 2. The minimum absolute atomic E-state index is 0.196. The van der Waals surface area contributed by atoms with Gasteiger partial charge in [-0.05, 0) is 65.7 Å². The van der Waals surface area contributed by atoms with Crippen LogP contribution in [0.25, 0.3) is 0 Å². The second-order valence-electron chi connectivity index (χ2n) is 6.32. The van der Waals surface area contributed by atoms with Crippen LogP contribution in [0.1, 0.15) is 20.0 Å². The average Bonchev–Trinajstić information content (AvgIpc) is 3.42. The van der Waals surface area contributed by atoms with Crippen LogP contribution < -0.4 is 10.6 Å². The molecular weight excluding hydrogens is 418 g/mol. The molecule has 150 valence electrons. The van der Waals surface area contributed by atoms with E-state index in [1.807, 2.05) is 47.3 Å². The molecule has 2 heterocycles. The van der Waals surface area contributed by atoms with Crippen LogP contribution in [0.3, 0.4) is 0 Å². The van der Waals surface area contributed by atoms with Crippen molar-refractivity contribution < 1.29 is 9.59 Å². The largest absolute Gasteiger partial charge is 0.322 e. The first-order valence-electron chi connectivity index (χ1n) is 8.97. The van der Waals surface area contributed by atoms with Crippen molar-refractivity contribution in [1.82, 2.24) is 14.8 Å². The van der Waals surface area contributed by atoms with E-state index in [1.165, 1.54) is 23.1 Å². The van der Waals surface area contributed by atoms with Gasteiger partial charge in [-0.15, -0.1) is 21.5 Å². The summed E-state index contributed by atoms with van der Waals surface area (Å²) in [5, 5.41) is 16.2. The number of aromatic nitrogens is 3. The highest BCUT2D eigenvalue weighted by molar-refractivity contribution is 7.99. The van der Waals surface area contributed by atoms with E-state index in [1.54, 1.807) is 36.7 Å².